The van der Waals surface area contributed by atoms with Crippen LogP contribution in [0.5, 0.6) is 11.5 Å². The Morgan fingerprint density at radius 2 is 2.10 bits per heavy atom. The minimum atomic E-state index is -0.250. The van der Waals surface area contributed by atoms with E-state index < -0.39 is 0 Å². The fourth-order valence-corrected chi connectivity index (χ4v) is 3.29. The molecule has 4 nitrogen and oxygen atoms in total. The molecule has 1 N–H and O–H groups in total. The van der Waals surface area contributed by atoms with Crippen LogP contribution in [0.25, 0.3) is 0 Å². The molecule has 0 spiro atoms. The topological polar surface area (TPSA) is 41.9 Å². The van der Waals surface area contributed by atoms with Crippen LogP contribution in [0.1, 0.15) is 18.9 Å². The Kier molecular flexibility index (Phi) is 5.73. The monoisotopic (exact) mass is 313 g/mol. The predicted octanol–water partition coefficient (Wildman–Crippen LogP) is 2.60. The number of hydrogen-bond acceptors (Lipinski definition) is 4. The Hall–Kier alpha value is -0.970. The first-order valence-corrected chi connectivity index (χ1v) is 7.77. The zero-order valence-corrected chi connectivity index (χ0v) is 13.7. The van der Waals surface area contributed by atoms with Crippen LogP contribution in [-0.2, 0) is 6.42 Å². The lowest BCUT2D eigenvalue weighted by atomic mass is 9.88. The second-order valence-electron chi connectivity index (χ2n) is 5.53. The number of likely N-dealkylation sites (tertiary alicyclic amines) is 1. The number of benzene rings is 1. The third kappa shape index (κ3) is 3.82. The molecule has 5 heteroatoms. The van der Waals surface area contributed by atoms with E-state index in [4.69, 9.17) is 21.1 Å². The second kappa shape index (κ2) is 7.34. The van der Waals surface area contributed by atoms with E-state index in [9.17, 15) is 5.11 Å². The summed E-state index contributed by atoms with van der Waals surface area (Å²) >= 11 is 6.25. The Balaban J connectivity index is 2.16. The van der Waals surface area contributed by atoms with Crippen molar-refractivity contribution in [2.24, 2.45) is 5.92 Å². The average Bonchev–Trinajstić information content (AvgIpc) is 2.48. The molecule has 1 heterocycles. The molecule has 1 saturated heterocycles. The highest BCUT2D eigenvalue weighted by Crippen LogP contribution is 2.37. The quantitative estimate of drug-likeness (QED) is 0.907. The van der Waals surface area contributed by atoms with Crippen LogP contribution in [0.4, 0.5) is 0 Å². The van der Waals surface area contributed by atoms with Crippen LogP contribution < -0.4 is 9.47 Å². The van der Waals surface area contributed by atoms with Crippen molar-refractivity contribution in [2.75, 3.05) is 33.9 Å². The number of aliphatic hydroxyl groups is 1. The highest BCUT2D eigenvalue weighted by Gasteiger charge is 2.27. The molecule has 118 valence electrons. The lowest BCUT2D eigenvalue weighted by Crippen LogP contribution is -2.43. The Morgan fingerprint density at radius 1 is 1.33 bits per heavy atom. The van der Waals surface area contributed by atoms with Gasteiger partial charge < -0.3 is 19.5 Å². The van der Waals surface area contributed by atoms with Gasteiger partial charge in [-0.15, -0.1) is 0 Å². The summed E-state index contributed by atoms with van der Waals surface area (Å²) in [5.74, 6) is 1.42. The van der Waals surface area contributed by atoms with Gasteiger partial charge in [0.1, 0.15) is 0 Å². The normalized spacial score (nSPS) is 23.1. The summed E-state index contributed by atoms with van der Waals surface area (Å²) in [5.41, 5.74) is 1.07. The van der Waals surface area contributed by atoms with Gasteiger partial charge in [0.15, 0.2) is 11.5 Å². The number of halogens is 1. The molecule has 1 aliphatic rings. The molecule has 0 bridgehead atoms. The standard InChI is InChI=1S/C16H24ClNO3/c1-4-18-6-5-14(19)12(10-18)7-11-8-13(17)16(21-3)15(9-11)20-2/h8-9,12,14,19H,4-7,10H2,1-3H3. The molecule has 0 radical (unpaired) electrons. The van der Waals surface area contributed by atoms with Gasteiger partial charge >= 0.3 is 0 Å². The summed E-state index contributed by atoms with van der Waals surface area (Å²) in [6.07, 6.45) is 1.37. The number of nitrogens with zero attached hydrogens (tertiary/aromatic N) is 1. The maximum absolute atomic E-state index is 10.2. The van der Waals surface area contributed by atoms with Crippen LogP contribution in [0.3, 0.4) is 0 Å². The van der Waals surface area contributed by atoms with Crippen LogP contribution >= 0.6 is 11.6 Å². The van der Waals surface area contributed by atoms with Crippen LogP contribution in [0.15, 0.2) is 12.1 Å². The van der Waals surface area contributed by atoms with Crippen LogP contribution in [0, 0.1) is 5.92 Å². The molecular weight excluding hydrogens is 290 g/mol. The second-order valence-corrected chi connectivity index (χ2v) is 5.93. The predicted molar refractivity (Wildman–Crippen MR) is 84.5 cm³/mol. The van der Waals surface area contributed by atoms with Gasteiger partial charge in [0, 0.05) is 19.0 Å². The molecule has 21 heavy (non-hydrogen) atoms. The lowest BCUT2D eigenvalue weighted by molar-refractivity contribution is 0.0290. The van der Waals surface area contributed by atoms with E-state index in [1.165, 1.54) is 0 Å². The zero-order chi connectivity index (χ0) is 15.4. The van der Waals surface area contributed by atoms with E-state index in [2.05, 4.69) is 11.8 Å². The first-order chi connectivity index (χ1) is 10.1. The smallest absolute Gasteiger partial charge is 0.179 e. The molecule has 0 aromatic heterocycles. The van der Waals surface area contributed by atoms with Crippen LogP contribution in [-0.4, -0.2) is 50.0 Å². The molecule has 1 aliphatic heterocycles. The summed E-state index contributed by atoms with van der Waals surface area (Å²) in [6.45, 7) is 5.07. The number of aliphatic hydroxyl groups excluding tert-OH is 1. The first kappa shape index (κ1) is 16.4. The Labute approximate surface area is 131 Å². The minimum absolute atomic E-state index is 0.230. The van der Waals surface area contributed by atoms with Gasteiger partial charge in [-0.3, -0.25) is 0 Å². The van der Waals surface area contributed by atoms with E-state index in [1.807, 2.05) is 12.1 Å². The third-order valence-electron chi connectivity index (χ3n) is 4.22. The van der Waals surface area contributed by atoms with Gasteiger partial charge in [0.05, 0.1) is 25.3 Å². The van der Waals surface area contributed by atoms with Gasteiger partial charge in [-0.2, -0.15) is 0 Å². The molecule has 0 saturated carbocycles. The van der Waals surface area contributed by atoms with Crippen molar-refractivity contribution in [3.8, 4) is 11.5 Å². The Morgan fingerprint density at radius 3 is 2.71 bits per heavy atom. The van der Waals surface area contributed by atoms with Crippen molar-refractivity contribution in [1.82, 2.24) is 4.90 Å². The largest absolute Gasteiger partial charge is 0.493 e. The molecule has 0 amide bonds. The van der Waals surface area contributed by atoms with E-state index in [0.717, 1.165) is 38.0 Å². The fraction of sp³-hybridized carbons (Fsp3) is 0.625. The summed E-state index contributed by atoms with van der Waals surface area (Å²) in [5, 5.41) is 10.8. The van der Waals surface area contributed by atoms with Gasteiger partial charge in [-0.25, -0.2) is 0 Å². The van der Waals surface area contributed by atoms with Crippen molar-refractivity contribution in [1.29, 1.82) is 0 Å². The maximum Gasteiger partial charge on any atom is 0.179 e. The SMILES string of the molecule is CCN1CCC(O)C(Cc2cc(Cl)c(OC)c(OC)c2)C1. The maximum atomic E-state index is 10.2. The summed E-state index contributed by atoms with van der Waals surface area (Å²) in [7, 11) is 3.18. The van der Waals surface area contributed by atoms with Gasteiger partial charge in [0.25, 0.3) is 0 Å². The fourth-order valence-electron chi connectivity index (χ4n) is 2.97. The van der Waals surface area contributed by atoms with Crippen molar-refractivity contribution in [3.63, 3.8) is 0 Å². The number of rotatable bonds is 5. The van der Waals surface area contributed by atoms with E-state index in [0.29, 0.717) is 16.5 Å². The highest BCUT2D eigenvalue weighted by atomic mass is 35.5. The lowest BCUT2D eigenvalue weighted by Gasteiger charge is -2.35. The van der Waals surface area contributed by atoms with E-state index in [-0.39, 0.29) is 12.0 Å². The number of piperidine rings is 1. The van der Waals surface area contributed by atoms with Gasteiger partial charge in [0.2, 0.25) is 0 Å². The molecule has 2 unspecified atom stereocenters. The van der Waals surface area contributed by atoms with Crippen molar-refractivity contribution in [3.05, 3.63) is 22.7 Å². The molecule has 1 aromatic rings. The molecule has 1 aromatic carbocycles. The molecule has 2 atom stereocenters. The minimum Gasteiger partial charge on any atom is -0.493 e. The van der Waals surface area contributed by atoms with Crippen molar-refractivity contribution >= 4 is 11.6 Å². The van der Waals surface area contributed by atoms with Crippen molar-refractivity contribution in [2.45, 2.75) is 25.9 Å². The Bertz CT molecular complexity index is 481. The van der Waals surface area contributed by atoms with Gasteiger partial charge in [-0.05, 0) is 37.1 Å². The van der Waals surface area contributed by atoms with Gasteiger partial charge in [-0.1, -0.05) is 18.5 Å². The third-order valence-corrected chi connectivity index (χ3v) is 4.50. The number of ether oxygens (including phenoxy) is 2. The zero-order valence-electron chi connectivity index (χ0n) is 12.9. The molecule has 0 aliphatic carbocycles. The number of hydrogen-bond donors (Lipinski definition) is 1. The molecule has 2 rings (SSSR count). The highest BCUT2D eigenvalue weighted by molar-refractivity contribution is 6.32. The van der Waals surface area contributed by atoms with Crippen molar-refractivity contribution < 1.29 is 14.6 Å². The summed E-state index contributed by atoms with van der Waals surface area (Å²) < 4.78 is 10.6. The van der Waals surface area contributed by atoms with E-state index >= 15 is 0 Å². The average molecular weight is 314 g/mol. The molecular formula is C16H24ClNO3. The molecule has 1 fully saturated rings. The first-order valence-electron chi connectivity index (χ1n) is 7.39. The summed E-state index contributed by atoms with van der Waals surface area (Å²) in [6, 6.07) is 3.85. The number of methoxy groups -OCH3 is 2. The van der Waals surface area contributed by atoms with E-state index in [1.54, 1.807) is 14.2 Å². The van der Waals surface area contributed by atoms with Crippen LogP contribution in [0.2, 0.25) is 5.02 Å². The summed E-state index contributed by atoms with van der Waals surface area (Å²) in [4.78, 5) is 2.37.